The van der Waals surface area contributed by atoms with Gasteiger partial charge in [-0.25, -0.2) is 4.79 Å². The van der Waals surface area contributed by atoms with E-state index >= 15 is 0 Å². The molecule has 6 heteroatoms. The lowest BCUT2D eigenvalue weighted by Crippen LogP contribution is -2.71. The lowest BCUT2D eigenvalue weighted by molar-refractivity contribution is -0.125. The molecule has 1 aliphatic rings. The molecular weight excluding hydrogens is 464 g/mol. The van der Waals surface area contributed by atoms with Gasteiger partial charge in [0.15, 0.2) is 0 Å². The summed E-state index contributed by atoms with van der Waals surface area (Å²) in [5.41, 5.74) is 0.885. The molecule has 0 unspecified atom stereocenters. The number of amides is 2. The number of ether oxygens (including phenoxy) is 1. The average molecular weight is 501 g/mol. The van der Waals surface area contributed by atoms with Crippen LogP contribution in [0.25, 0.3) is 0 Å². The predicted octanol–water partition coefficient (Wildman–Crippen LogP) is 4.36. The number of nitrogens with one attached hydrogen (secondary N) is 1. The molecule has 1 N–H and O–H groups in total. The van der Waals surface area contributed by atoms with Crippen molar-refractivity contribution in [3.05, 3.63) is 96.6 Å². The number of nitrogens with zero attached hydrogens (tertiary/aromatic N) is 1. The van der Waals surface area contributed by atoms with Gasteiger partial charge in [-0.15, -0.1) is 0 Å². The Kier molecular flexibility index (Phi) is 8.26. The number of rotatable bonds is 8. The topological polar surface area (TPSA) is 58.6 Å². The van der Waals surface area contributed by atoms with Crippen LogP contribution in [0.3, 0.4) is 0 Å². The smallest absolute Gasteiger partial charge is 0.410 e. The standard InChI is InChI=1S/C30H36N2O3Si/c1-23(2)29(36(3,25-16-9-5-10-17-25)26-18-11-6-12-19-26)31-28(33)27-20-13-21-32(27)30(34)35-22-24-14-7-4-8-15-24/h4-12,14-19,23,27,29H,13,20-22H2,1-3H3,(H,31,33)/t27-,29+/m0/s1. The van der Waals surface area contributed by atoms with E-state index < -0.39 is 20.2 Å². The second-order valence-electron chi connectivity index (χ2n) is 10.1. The van der Waals surface area contributed by atoms with Crippen LogP contribution in [-0.2, 0) is 16.1 Å². The highest BCUT2D eigenvalue weighted by atomic mass is 28.3. The molecule has 2 amide bonds. The Hall–Kier alpha value is -3.38. The first-order chi connectivity index (χ1) is 17.4. The normalized spacial score (nSPS) is 16.6. The molecule has 4 rings (SSSR count). The third-order valence-electron chi connectivity index (χ3n) is 7.33. The summed E-state index contributed by atoms with van der Waals surface area (Å²) in [5.74, 6) is 0.124. The van der Waals surface area contributed by atoms with Crippen molar-refractivity contribution in [3.63, 3.8) is 0 Å². The fourth-order valence-electron chi connectivity index (χ4n) is 5.38. The Balaban J connectivity index is 1.55. The van der Waals surface area contributed by atoms with Crippen molar-refractivity contribution in [1.82, 2.24) is 10.2 Å². The Morgan fingerprint density at radius 1 is 0.917 bits per heavy atom. The number of hydrogen-bond donors (Lipinski definition) is 1. The molecule has 3 aromatic carbocycles. The molecule has 1 heterocycles. The lowest BCUT2D eigenvalue weighted by Gasteiger charge is -2.40. The summed E-state index contributed by atoms with van der Waals surface area (Å²) in [6, 6.07) is 30.2. The van der Waals surface area contributed by atoms with Crippen LogP contribution in [-0.4, -0.2) is 43.2 Å². The largest absolute Gasteiger partial charge is 0.445 e. The van der Waals surface area contributed by atoms with Crippen LogP contribution in [0.4, 0.5) is 4.79 Å². The van der Waals surface area contributed by atoms with Gasteiger partial charge in [0, 0.05) is 12.2 Å². The van der Waals surface area contributed by atoms with Crippen LogP contribution in [0.5, 0.6) is 0 Å². The number of carbonyl (C=O) groups excluding carboxylic acids is 2. The first-order valence-corrected chi connectivity index (χ1v) is 15.4. The first-order valence-electron chi connectivity index (χ1n) is 12.8. The minimum absolute atomic E-state index is 0.0439. The molecule has 1 fully saturated rings. The number of carbonyl (C=O) groups is 2. The van der Waals surface area contributed by atoms with Gasteiger partial charge in [-0.2, -0.15) is 0 Å². The fraction of sp³-hybridized carbons (Fsp3) is 0.333. The van der Waals surface area contributed by atoms with E-state index in [4.69, 9.17) is 4.74 Å². The van der Waals surface area contributed by atoms with Crippen LogP contribution < -0.4 is 15.7 Å². The highest BCUT2D eigenvalue weighted by molar-refractivity contribution is 7.02. The zero-order valence-corrected chi connectivity index (χ0v) is 22.4. The Morgan fingerprint density at radius 2 is 1.44 bits per heavy atom. The maximum absolute atomic E-state index is 13.7. The van der Waals surface area contributed by atoms with Crippen LogP contribution in [0, 0.1) is 5.92 Å². The summed E-state index contributed by atoms with van der Waals surface area (Å²) in [6.07, 6.45) is 1.01. The highest BCUT2D eigenvalue weighted by Crippen LogP contribution is 2.22. The van der Waals surface area contributed by atoms with Gasteiger partial charge in [-0.3, -0.25) is 9.69 Å². The van der Waals surface area contributed by atoms with Crippen LogP contribution in [0.1, 0.15) is 32.3 Å². The maximum atomic E-state index is 13.7. The molecule has 1 aliphatic heterocycles. The van der Waals surface area contributed by atoms with E-state index in [2.05, 4.69) is 74.2 Å². The molecule has 188 valence electrons. The van der Waals surface area contributed by atoms with E-state index in [0.717, 1.165) is 12.0 Å². The van der Waals surface area contributed by atoms with Crippen molar-refractivity contribution < 1.29 is 14.3 Å². The van der Waals surface area contributed by atoms with Gasteiger partial charge in [0.25, 0.3) is 0 Å². The van der Waals surface area contributed by atoms with Gasteiger partial charge >= 0.3 is 6.09 Å². The van der Waals surface area contributed by atoms with Crippen molar-refractivity contribution in [2.24, 2.45) is 5.92 Å². The summed E-state index contributed by atoms with van der Waals surface area (Å²) in [6.45, 7) is 7.41. The average Bonchev–Trinajstić information content (AvgIpc) is 3.42. The number of hydrogen-bond acceptors (Lipinski definition) is 3. The Bertz CT molecular complexity index is 1100. The second-order valence-corrected chi connectivity index (χ2v) is 14.2. The van der Waals surface area contributed by atoms with E-state index in [1.165, 1.54) is 10.4 Å². The van der Waals surface area contributed by atoms with Crippen molar-refractivity contribution in [3.8, 4) is 0 Å². The molecule has 0 aromatic heterocycles. The molecule has 0 saturated carbocycles. The molecular formula is C30H36N2O3Si. The Labute approximate surface area is 215 Å². The molecule has 36 heavy (non-hydrogen) atoms. The molecule has 3 aromatic rings. The van der Waals surface area contributed by atoms with E-state index in [9.17, 15) is 9.59 Å². The van der Waals surface area contributed by atoms with E-state index in [-0.39, 0.29) is 24.1 Å². The summed E-state index contributed by atoms with van der Waals surface area (Å²) in [4.78, 5) is 28.2. The number of benzene rings is 3. The van der Waals surface area contributed by atoms with Gasteiger partial charge in [0.05, 0.1) is 0 Å². The summed E-state index contributed by atoms with van der Waals surface area (Å²) in [5, 5.41) is 5.98. The van der Waals surface area contributed by atoms with Gasteiger partial charge in [0.2, 0.25) is 5.91 Å². The second kappa shape index (κ2) is 11.6. The summed E-state index contributed by atoms with van der Waals surface area (Å²) >= 11 is 0. The fourth-order valence-corrected chi connectivity index (χ4v) is 9.97. The van der Waals surface area contributed by atoms with E-state index in [1.54, 1.807) is 4.90 Å². The molecule has 2 atom stereocenters. The van der Waals surface area contributed by atoms with Crippen molar-refractivity contribution in [2.45, 2.75) is 51.5 Å². The molecule has 0 spiro atoms. The molecule has 1 saturated heterocycles. The summed E-state index contributed by atoms with van der Waals surface area (Å²) < 4.78 is 5.57. The molecule has 0 bridgehead atoms. The van der Waals surface area contributed by atoms with Gasteiger partial charge in [-0.1, -0.05) is 122 Å². The van der Waals surface area contributed by atoms with Gasteiger partial charge in [0.1, 0.15) is 20.7 Å². The zero-order valence-electron chi connectivity index (χ0n) is 21.4. The van der Waals surface area contributed by atoms with Crippen molar-refractivity contribution in [1.29, 1.82) is 0 Å². The zero-order chi connectivity index (χ0) is 25.5. The van der Waals surface area contributed by atoms with Gasteiger partial charge < -0.3 is 10.1 Å². The van der Waals surface area contributed by atoms with Crippen LogP contribution in [0.15, 0.2) is 91.0 Å². The minimum atomic E-state index is -2.38. The number of likely N-dealkylation sites (tertiary alicyclic amines) is 1. The SMILES string of the molecule is CC(C)[C@H](NC(=O)[C@@H]1CCCN1C(=O)OCc1ccccc1)[Si](C)(c1ccccc1)c1ccccc1. The third-order valence-corrected chi connectivity index (χ3v) is 12.4. The molecule has 0 aliphatic carbocycles. The lowest BCUT2D eigenvalue weighted by atomic mass is 10.1. The monoisotopic (exact) mass is 500 g/mol. The first kappa shape index (κ1) is 25.7. The quantitative estimate of drug-likeness (QED) is 0.468. The summed E-state index contributed by atoms with van der Waals surface area (Å²) in [7, 11) is -2.38. The van der Waals surface area contributed by atoms with E-state index in [0.29, 0.717) is 13.0 Å². The maximum Gasteiger partial charge on any atom is 0.410 e. The van der Waals surface area contributed by atoms with Crippen molar-refractivity contribution in [2.75, 3.05) is 6.54 Å². The third kappa shape index (κ3) is 5.54. The van der Waals surface area contributed by atoms with E-state index in [1.807, 2.05) is 42.5 Å². The minimum Gasteiger partial charge on any atom is -0.445 e. The van der Waals surface area contributed by atoms with Crippen LogP contribution >= 0.6 is 0 Å². The Morgan fingerprint density at radius 3 is 1.97 bits per heavy atom. The molecule has 5 nitrogen and oxygen atoms in total. The van der Waals surface area contributed by atoms with Gasteiger partial charge in [-0.05, 0) is 24.3 Å². The molecule has 0 radical (unpaired) electrons. The van der Waals surface area contributed by atoms with Crippen molar-refractivity contribution >= 4 is 30.4 Å². The predicted molar refractivity (Wildman–Crippen MR) is 147 cm³/mol. The van der Waals surface area contributed by atoms with Crippen LogP contribution in [0.2, 0.25) is 6.55 Å². The highest BCUT2D eigenvalue weighted by Gasteiger charge is 2.44.